The highest BCUT2D eigenvalue weighted by atomic mass is 35.7. The summed E-state index contributed by atoms with van der Waals surface area (Å²) < 4.78 is 11.2. The molecule has 0 radical (unpaired) electrons. The zero-order valence-electron chi connectivity index (χ0n) is 19.8. The van der Waals surface area contributed by atoms with Crippen LogP contribution in [-0.2, 0) is 0 Å². The van der Waals surface area contributed by atoms with Crippen molar-refractivity contribution < 1.29 is 0 Å². The topological polar surface area (TPSA) is 18.8 Å². The Morgan fingerprint density at radius 3 is 1.42 bits per heavy atom. The molecule has 0 saturated carbocycles. The van der Waals surface area contributed by atoms with Gasteiger partial charge >= 0.3 is 0 Å². The van der Waals surface area contributed by atoms with Crippen LogP contribution in [0, 0.1) is 0 Å². The zero-order valence-corrected chi connectivity index (χ0v) is 24.4. The molecule has 8 heteroatoms. The minimum Gasteiger partial charge on any atom is -0.301 e. The Labute approximate surface area is 172 Å². The van der Waals surface area contributed by atoms with Gasteiger partial charge < -0.3 is 4.41 Å². The molecule has 1 rings (SSSR count). The van der Waals surface area contributed by atoms with Crippen molar-refractivity contribution in [3.05, 3.63) is 0 Å². The van der Waals surface area contributed by atoms with Crippen molar-refractivity contribution in [2.24, 2.45) is 4.41 Å². The van der Waals surface area contributed by atoms with Gasteiger partial charge in [-0.1, -0.05) is 39.3 Å². The summed E-state index contributed by atoms with van der Waals surface area (Å²) in [7, 11) is -5.05. The number of hydrogen-bond donors (Lipinski definition) is 0. The summed E-state index contributed by atoms with van der Waals surface area (Å²) in [4.78, 5) is 0. The lowest BCUT2D eigenvalue weighted by atomic mass is 9.83. The van der Waals surface area contributed by atoms with Gasteiger partial charge in [0.05, 0.1) is 0 Å². The summed E-state index contributed by atoms with van der Waals surface area (Å²) in [5, 5.41) is 0. The normalized spacial score (nSPS) is 24.4. The molecule has 0 aromatic heterocycles. The van der Waals surface area contributed by atoms with E-state index in [4.69, 9.17) is 15.7 Å². The zero-order chi connectivity index (χ0) is 21.0. The first-order valence-electron chi connectivity index (χ1n) is 10.1. The summed E-state index contributed by atoms with van der Waals surface area (Å²) in [5.74, 6) is 0. The third-order valence-electron chi connectivity index (χ3n) is 4.93. The Balaban J connectivity index is 3.92. The first kappa shape index (κ1) is 25.1. The molecule has 1 aliphatic heterocycles. The van der Waals surface area contributed by atoms with Gasteiger partial charge in [-0.25, -0.2) is 4.67 Å². The average molecular weight is 454 g/mol. The van der Waals surface area contributed by atoms with Gasteiger partial charge in [-0.15, -0.1) is 0 Å². The van der Waals surface area contributed by atoms with E-state index in [0.717, 1.165) is 0 Å². The fraction of sp³-hybridized carbons (Fsp3) is 1.00. The van der Waals surface area contributed by atoms with Crippen LogP contribution in [-0.4, -0.2) is 44.5 Å². The Bertz CT molecular complexity index is 542. The monoisotopic (exact) mass is 453 g/mol. The van der Waals surface area contributed by atoms with Crippen LogP contribution in [0.4, 0.5) is 0 Å². The van der Waals surface area contributed by atoms with Crippen molar-refractivity contribution in [2.75, 3.05) is 0 Å². The molecule has 1 atom stereocenters. The smallest absolute Gasteiger partial charge is 0.175 e. The van der Waals surface area contributed by atoms with Gasteiger partial charge in [0.25, 0.3) is 0 Å². The molecule has 3 nitrogen and oxygen atoms in total. The van der Waals surface area contributed by atoms with Crippen molar-refractivity contribution >= 4 is 42.7 Å². The van der Waals surface area contributed by atoms with Crippen LogP contribution in [0.2, 0.25) is 58.9 Å². The van der Waals surface area contributed by atoms with Gasteiger partial charge in [-0.3, -0.25) is 4.00 Å². The molecule has 1 heterocycles. The van der Waals surface area contributed by atoms with Crippen LogP contribution >= 0.6 is 17.9 Å². The van der Waals surface area contributed by atoms with Crippen LogP contribution in [0.15, 0.2) is 4.41 Å². The van der Waals surface area contributed by atoms with E-state index >= 15 is 0 Å². The first-order chi connectivity index (χ1) is 11.1. The number of halogens is 1. The Kier molecular flexibility index (Phi) is 7.16. The number of piperidine rings is 1. The van der Waals surface area contributed by atoms with Gasteiger partial charge in [0.1, 0.15) is 16.5 Å². The molecule has 0 spiro atoms. The van der Waals surface area contributed by atoms with E-state index in [1.54, 1.807) is 0 Å². The quantitative estimate of drug-likeness (QED) is 0.310. The van der Waals surface area contributed by atoms with E-state index in [2.05, 4.69) is 95.3 Å². The molecule has 0 N–H and O–H groups in total. The molecule has 156 valence electrons. The van der Waals surface area contributed by atoms with Crippen LogP contribution in [0.3, 0.4) is 0 Å². The molecule has 0 aliphatic carbocycles. The van der Waals surface area contributed by atoms with E-state index in [9.17, 15) is 0 Å². The van der Waals surface area contributed by atoms with E-state index in [0.29, 0.717) is 0 Å². The van der Waals surface area contributed by atoms with Gasteiger partial charge in [0.2, 0.25) is 0 Å². The maximum atomic E-state index is 7.91. The standard InChI is InChI=1S/C18H45ClN3PSi3/c1-17(2)15-14-16-18(3,4)21(17)23(19,20-24(5,6)7)22(25(8,9)10)26(11,12)13/h14-16H2,1-13H3. The molecular weight excluding hydrogens is 409 g/mol. The summed E-state index contributed by atoms with van der Waals surface area (Å²) in [6.07, 6.45) is 3.69. The van der Waals surface area contributed by atoms with Crippen molar-refractivity contribution in [3.8, 4) is 0 Å². The fourth-order valence-corrected chi connectivity index (χ4v) is 33.4. The lowest BCUT2D eigenvalue weighted by molar-refractivity contribution is 0.0580. The largest absolute Gasteiger partial charge is 0.301 e. The maximum absolute atomic E-state index is 7.91. The molecule has 1 fully saturated rings. The third kappa shape index (κ3) is 5.58. The second-order valence-corrected chi connectivity index (χ2v) is 31.3. The lowest BCUT2D eigenvalue weighted by Gasteiger charge is -2.62. The second-order valence-electron chi connectivity index (χ2n) is 12.2. The summed E-state index contributed by atoms with van der Waals surface area (Å²) in [5.41, 5.74) is 0.163. The predicted molar refractivity (Wildman–Crippen MR) is 131 cm³/mol. The van der Waals surface area contributed by atoms with Crippen LogP contribution < -0.4 is 0 Å². The SMILES string of the molecule is CC1(C)CCCC(C)(C)N1P(Cl)(=N[Si](C)(C)C)N([Si](C)(C)C)[Si](C)(C)C. The predicted octanol–water partition coefficient (Wildman–Crippen LogP) is 8.02. The van der Waals surface area contributed by atoms with Crippen LogP contribution in [0.5, 0.6) is 0 Å². The van der Waals surface area contributed by atoms with Crippen molar-refractivity contribution in [3.63, 3.8) is 0 Å². The van der Waals surface area contributed by atoms with Gasteiger partial charge in [-0.2, -0.15) is 0 Å². The Morgan fingerprint density at radius 1 is 0.808 bits per heavy atom. The number of hydrogen-bond acceptors (Lipinski definition) is 1. The molecule has 0 aromatic rings. The number of nitrogens with zero attached hydrogens (tertiary/aromatic N) is 3. The molecule has 1 aliphatic rings. The van der Waals surface area contributed by atoms with E-state index < -0.39 is 31.4 Å². The molecule has 0 amide bonds. The van der Waals surface area contributed by atoms with Crippen LogP contribution in [0.25, 0.3) is 0 Å². The van der Waals surface area contributed by atoms with Gasteiger partial charge in [-0.05, 0) is 77.8 Å². The Morgan fingerprint density at radius 2 is 1.15 bits per heavy atom. The molecule has 1 saturated heterocycles. The molecule has 1 unspecified atom stereocenters. The van der Waals surface area contributed by atoms with E-state index in [1.165, 1.54) is 19.3 Å². The summed E-state index contributed by atoms with van der Waals surface area (Å²) in [6.45, 7) is 29.1. The lowest BCUT2D eigenvalue weighted by Crippen LogP contribution is -2.64. The number of rotatable bonds is 5. The van der Waals surface area contributed by atoms with Crippen LogP contribution in [0.1, 0.15) is 47.0 Å². The first-order valence-corrected chi connectivity index (χ1v) is 23.0. The molecule has 0 bridgehead atoms. The molecule has 0 aromatic carbocycles. The third-order valence-corrected chi connectivity index (χ3v) is 24.6. The van der Waals surface area contributed by atoms with Crippen molar-refractivity contribution in [2.45, 2.75) is 117 Å². The maximum Gasteiger partial charge on any atom is 0.175 e. The van der Waals surface area contributed by atoms with Gasteiger partial charge in [0, 0.05) is 11.1 Å². The summed E-state index contributed by atoms with van der Waals surface area (Å²) >= 11 is 7.91. The van der Waals surface area contributed by atoms with Crippen molar-refractivity contribution in [1.29, 1.82) is 0 Å². The highest BCUT2D eigenvalue weighted by Crippen LogP contribution is 2.71. The molecular formula is C18H45ClN3PSi3. The highest BCUT2D eigenvalue weighted by molar-refractivity contribution is 7.90. The second kappa shape index (κ2) is 7.41. The van der Waals surface area contributed by atoms with E-state index in [-0.39, 0.29) is 11.1 Å². The fourth-order valence-electron chi connectivity index (χ4n) is 5.00. The average Bonchev–Trinajstić information content (AvgIpc) is 2.16. The minimum absolute atomic E-state index is 0.0813. The van der Waals surface area contributed by atoms with Gasteiger partial charge in [0.15, 0.2) is 14.9 Å². The van der Waals surface area contributed by atoms with Crippen molar-refractivity contribution in [1.82, 2.24) is 8.67 Å². The van der Waals surface area contributed by atoms with E-state index in [1.807, 2.05) is 0 Å². The minimum atomic E-state index is -2.31. The highest BCUT2D eigenvalue weighted by Gasteiger charge is 2.55. The Hall–Kier alpha value is 1.09. The summed E-state index contributed by atoms with van der Waals surface area (Å²) in [6, 6.07) is 0. The molecule has 26 heavy (non-hydrogen) atoms.